The van der Waals surface area contributed by atoms with Crippen molar-refractivity contribution in [2.75, 3.05) is 19.2 Å². The molecule has 2 N–H and O–H groups in total. The van der Waals surface area contributed by atoms with E-state index in [1.165, 1.54) is 7.11 Å². The summed E-state index contributed by atoms with van der Waals surface area (Å²) >= 11 is 0. The molecule has 0 saturated heterocycles. The lowest BCUT2D eigenvalue weighted by atomic mass is 10.5. The number of aliphatic imine (C=N–C) groups is 1. The predicted molar refractivity (Wildman–Crippen MR) is 62.4 cm³/mol. The fraction of sp³-hybridized carbons (Fsp3) is 0.250. The first kappa shape index (κ1) is 9.86. The van der Waals surface area contributed by atoms with Crippen molar-refractivity contribution < 1.29 is 4.74 Å². The van der Waals surface area contributed by atoms with Crippen LogP contribution in [-0.4, -0.2) is 35.6 Å². The molecule has 0 aliphatic carbocycles. The van der Waals surface area contributed by atoms with Crippen molar-refractivity contribution in [3.63, 3.8) is 0 Å². The highest BCUT2D eigenvalue weighted by molar-refractivity contribution is 7.72. The summed E-state index contributed by atoms with van der Waals surface area (Å²) in [6, 6.07) is 0.315. The zero-order valence-corrected chi connectivity index (χ0v) is 9.38. The second-order valence-electron chi connectivity index (χ2n) is 2.97. The molecular formula is C8H11N5OP+. The summed E-state index contributed by atoms with van der Waals surface area (Å²) in [5.41, 5.74) is 7.40. The molecule has 15 heavy (non-hydrogen) atoms. The number of nitrogens with zero attached hydrogens (tertiary/aromatic N) is 3. The van der Waals surface area contributed by atoms with E-state index in [0.29, 0.717) is 17.5 Å². The fourth-order valence-corrected chi connectivity index (χ4v) is 1.59. The fourth-order valence-electron chi connectivity index (χ4n) is 1.07. The third-order valence-electron chi connectivity index (χ3n) is 1.81. The number of hydrogen-bond donors (Lipinski definition) is 2. The number of fused-ring (bicyclic) bond motifs is 1. The van der Waals surface area contributed by atoms with Crippen molar-refractivity contribution in [2.24, 2.45) is 4.99 Å². The van der Waals surface area contributed by atoms with E-state index in [0.717, 1.165) is 5.58 Å². The van der Waals surface area contributed by atoms with E-state index >= 15 is 0 Å². The lowest BCUT2D eigenvalue weighted by molar-refractivity contribution is 0.380. The highest BCUT2D eigenvalue weighted by Crippen LogP contribution is 2.29. The zero-order valence-electron chi connectivity index (χ0n) is 8.48. The van der Waals surface area contributed by atoms with Crippen LogP contribution in [0.15, 0.2) is 11.2 Å². The lowest BCUT2D eigenvalue weighted by Crippen LogP contribution is -2.30. The second-order valence-corrected chi connectivity index (χ2v) is 4.79. The van der Waals surface area contributed by atoms with Gasteiger partial charge in [-0.3, -0.25) is 5.43 Å². The first-order valence-electron chi connectivity index (χ1n) is 4.26. The Labute approximate surface area is 88.2 Å². The molecule has 2 rings (SSSR count). The molecule has 1 unspecified atom stereocenters. The third-order valence-corrected chi connectivity index (χ3v) is 2.75. The van der Waals surface area contributed by atoms with Crippen LogP contribution in [0.3, 0.4) is 0 Å². The smallest absolute Gasteiger partial charge is 0.326 e. The molecule has 0 radical (unpaired) electrons. The summed E-state index contributed by atoms with van der Waals surface area (Å²) in [6.45, 7) is 2.01. The van der Waals surface area contributed by atoms with Gasteiger partial charge in [0.1, 0.15) is 12.4 Å². The number of nitrogens with one attached hydrogen (secondary N) is 2. The molecule has 2 heterocycles. The Balaban J connectivity index is 2.40. The van der Waals surface area contributed by atoms with E-state index in [2.05, 4.69) is 32.1 Å². The number of methoxy groups -OCH3 is 1. The normalized spacial score (nSPS) is 14.3. The van der Waals surface area contributed by atoms with Crippen molar-refractivity contribution in [1.29, 1.82) is 0 Å². The Bertz CT molecular complexity index is 445. The maximum atomic E-state index is 4.91. The van der Waals surface area contributed by atoms with Gasteiger partial charge in [-0.05, 0) is 0 Å². The van der Waals surface area contributed by atoms with Gasteiger partial charge in [0.2, 0.25) is 0 Å². The maximum absolute atomic E-state index is 4.91. The van der Waals surface area contributed by atoms with E-state index in [9.17, 15) is 0 Å². The van der Waals surface area contributed by atoms with E-state index in [1.807, 2.05) is 6.66 Å². The van der Waals surface area contributed by atoms with E-state index in [1.54, 1.807) is 6.20 Å². The molecule has 1 aliphatic heterocycles. The van der Waals surface area contributed by atoms with Crippen LogP contribution in [0, 0.1) is 0 Å². The molecule has 1 aromatic rings. The minimum atomic E-state index is -0.515. The highest BCUT2D eigenvalue weighted by atomic mass is 31.1. The van der Waals surface area contributed by atoms with Crippen molar-refractivity contribution in [3.8, 4) is 6.01 Å². The minimum Gasteiger partial charge on any atom is -0.467 e. The topological polar surface area (TPSA) is 71.4 Å². The number of aromatic nitrogens is 2. The van der Waals surface area contributed by atoms with Gasteiger partial charge in [-0.1, -0.05) is 0 Å². The molecule has 1 aliphatic rings. The van der Waals surface area contributed by atoms with Crippen LogP contribution < -0.4 is 15.6 Å². The molecular weight excluding hydrogens is 213 g/mol. The molecule has 1 aromatic heterocycles. The number of hydrazine groups is 1. The number of rotatable bonds is 2. The first-order valence-corrected chi connectivity index (χ1v) is 6.24. The van der Waals surface area contributed by atoms with Crippen LogP contribution in [0.2, 0.25) is 0 Å². The lowest BCUT2D eigenvalue weighted by Gasteiger charge is -2.13. The monoisotopic (exact) mass is 224 g/mol. The molecule has 0 aromatic carbocycles. The van der Waals surface area contributed by atoms with Gasteiger partial charge in [0, 0.05) is 0 Å². The third kappa shape index (κ3) is 1.89. The van der Waals surface area contributed by atoms with Crippen molar-refractivity contribution in [1.82, 2.24) is 15.4 Å². The van der Waals surface area contributed by atoms with Gasteiger partial charge >= 0.3 is 11.6 Å². The van der Waals surface area contributed by atoms with Crippen LogP contribution in [0.4, 0.5) is 11.5 Å². The van der Waals surface area contributed by atoms with Crippen LogP contribution >= 0.6 is 7.55 Å². The number of hydrogen-bond acceptors (Lipinski definition) is 6. The second kappa shape index (κ2) is 3.82. The van der Waals surface area contributed by atoms with E-state index in [-0.39, 0.29) is 0 Å². The minimum absolute atomic E-state index is 0.315. The highest BCUT2D eigenvalue weighted by Gasteiger charge is 2.19. The summed E-state index contributed by atoms with van der Waals surface area (Å²) in [7, 11) is 1.01. The Kier molecular flexibility index (Phi) is 2.51. The van der Waals surface area contributed by atoms with E-state index in [4.69, 9.17) is 4.74 Å². The van der Waals surface area contributed by atoms with Crippen molar-refractivity contribution >= 4 is 30.9 Å². The number of ether oxygens (including phenoxy) is 1. The van der Waals surface area contributed by atoms with Gasteiger partial charge in [-0.25, -0.2) is 10.4 Å². The maximum Gasteiger partial charge on any atom is 0.326 e. The Morgan fingerprint density at radius 3 is 2.93 bits per heavy atom. The number of amidine groups is 1. The molecule has 0 spiro atoms. The summed E-state index contributed by atoms with van der Waals surface area (Å²) in [4.78, 5) is 12.4. The number of anilines is 1. The van der Waals surface area contributed by atoms with Crippen molar-refractivity contribution in [3.05, 3.63) is 6.20 Å². The first-order chi connectivity index (χ1) is 7.20. The largest absolute Gasteiger partial charge is 0.467 e. The molecule has 78 valence electrons. The molecule has 0 bridgehead atoms. The Morgan fingerprint density at radius 1 is 1.47 bits per heavy atom. The van der Waals surface area contributed by atoms with Gasteiger partial charge in [-0.2, -0.15) is 9.98 Å². The van der Waals surface area contributed by atoms with Gasteiger partial charge in [-0.15, -0.1) is 0 Å². The summed E-state index contributed by atoms with van der Waals surface area (Å²) in [6.07, 6.45) is 5.55. The zero-order chi connectivity index (χ0) is 10.8. The summed E-state index contributed by atoms with van der Waals surface area (Å²) in [5.74, 6) is 0.613. The average Bonchev–Trinajstić information content (AvgIpc) is 2.27. The van der Waals surface area contributed by atoms with Crippen LogP contribution in [-0.2, 0) is 0 Å². The van der Waals surface area contributed by atoms with Crippen molar-refractivity contribution in [2.45, 2.75) is 0 Å². The predicted octanol–water partition coefficient (Wildman–Crippen LogP) is 0.946. The van der Waals surface area contributed by atoms with Gasteiger partial charge in [0.25, 0.3) is 0 Å². The van der Waals surface area contributed by atoms with Crippen LogP contribution in [0.1, 0.15) is 0 Å². The van der Waals surface area contributed by atoms with E-state index < -0.39 is 7.55 Å². The molecule has 1 atom stereocenters. The van der Waals surface area contributed by atoms with Gasteiger partial charge < -0.3 is 4.74 Å². The van der Waals surface area contributed by atoms with Gasteiger partial charge in [0.15, 0.2) is 13.4 Å². The van der Waals surface area contributed by atoms with Gasteiger partial charge in [0.05, 0.1) is 19.6 Å². The summed E-state index contributed by atoms with van der Waals surface area (Å²) in [5, 5.41) is 0. The van der Waals surface area contributed by atoms with Crippen LogP contribution in [0.25, 0.3) is 0 Å². The van der Waals surface area contributed by atoms with Crippen LogP contribution in [0.5, 0.6) is 6.01 Å². The standard InChI is InChI=1S/C8H11N5OP/c1-14-7-9-4-5-6(11-7)12-13-8(10-5)15(2)3/h4H,2H2,1,3H3,(H,10,13)(H,9,11,12)/q+1. The molecule has 0 fully saturated rings. The Morgan fingerprint density at radius 2 is 2.27 bits per heavy atom. The molecule has 0 saturated carbocycles. The summed E-state index contributed by atoms with van der Waals surface area (Å²) < 4.78 is 4.91. The molecule has 7 heteroatoms. The molecule has 6 nitrogen and oxygen atoms in total. The SMILES string of the molecule is C=[P+](C)C1=Nc2cnc(OC)nc2NN1. The Hall–Kier alpha value is -1.68. The average molecular weight is 224 g/mol. The quantitative estimate of drug-likeness (QED) is 0.732. The molecule has 0 amide bonds.